The van der Waals surface area contributed by atoms with E-state index in [9.17, 15) is 0 Å². The number of hydrogen-bond acceptors (Lipinski definition) is 3. The summed E-state index contributed by atoms with van der Waals surface area (Å²) in [4.78, 5) is 6.91. The van der Waals surface area contributed by atoms with E-state index < -0.39 is 0 Å². The SMILES string of the molecule is CN=C(NCC(C)Cn1cccn1)NC1CCN(C(C)C)CC1. The van der Waals surface area contributed by atoms with Crippen LogP contribution in [0, 0.1) is 5.92 Å². The maximum atomic E-state index is 4.36. The molecule has 1 fully saturated rings. The maximum Gasteiger partial charge on any atom is 0.191 e. The Morgan fingerprint density at radius 2 is 2.04 bits per heavy atom. The first kappa shape index (κ1) is 17.8. The summed E-state index contributed by atoms with van der Waals surface area (Å²) in [5.74, 6) is 1.41. The molecule has 23 heavy (non-hydrogen) atoms. The van der Waals surface area contributed by atoms with Crippen LogP contribution in [0.3, 0.4) is 0 Å². The number of guanidine groups is 1. The Hall–Kier alpha value is -1.56. The number of aliphatic imine (C=N–C) groups is 1. The highest BCUT2D eigenvalue weighted by Gasteiger charge is 2.21. The number of piperidine rings is 1. The van der Waals surface area contributed by atoms with Crippen molar-refractivity contribution in [3.63, 3.8) is 0 Å². The van der Waals surface area contributed by atoms with Crippen molar-refractivity contribution in [2.75, 3.05) is 26.7 Å². The van der Waals surface area contributed by atoms with Crippen LogP contribution >= 0.6 is 0 Å². The van der Waals surface area contributed by atoms with Gasteiger partial charge in [-0.05, 0) is 38.7 Å². The molecule has 0 radical (unpaired) electrons. The van der Waals surface area contributed by atoms with Gasteiger partial charge in [-0.1, -0.05) is 6.92 Å². The molecule has 1 aliphatic rings. The van der Waals surface area contributed by atoms with Crippen LogP contribution in [0.2, 0.25) is 0 Å². The van der Waals surface area contributed by atoms with Crippen molar-refractivity contribution >= 4 is 5.96 Å². The summed E-state index contributed by atoms with van der Waals surface area (Å²) in [6.07, 6.45) is 6.19. The van der Waals surface area contributed by atoms with E-state index in [0.29, 0.717) is 18.0 Å². The molecule has 0 aromatic carbocycles. The third-order valence-corrected chi connectivity index (χ3v) is 4.50. The Labute approximate surface area is 140 Å². The van der Waals surface area contributed by atoms with E-state index in [-0.39, 0.29) is 0 Å². The maximum absolute atomic E-state index is 4.36. The van der Waals surface area contributed by atoms with Gasteiger partial charge in [-0.3, -0.25) is 9.67 Å². The molecule has 6 heteroatoms. The molecule has 1 aromatic rings. The minimum atomic E-state index is 0.497. The van der Waals surface area contributed by atoms with Crippen molar-refractivity contribution in [2.45, 2.75) is 52.2 Å². The number of nitrogens with zero attached hydrogens (tertiary/aromatic N) is 4. The third kappa shape index (κ3) is 5.86. The van der Waals surface area contributed by atoms with Gasteiger partial charge in [0.2, 0.25) is 0 Å². The van der Waals surface area contributed by atoms with E-state index >= 15 is 0 Å². The Bertz CT molecular complexity index is 459. The molecule has 0 amide bonds. The Balaban J connectivity index is 1.69. The smallest absolute Gasteiger partial charge is 0.191 e. The van der Waals surface area contributed by atoms with Crippen molar-refractivity contribution in [3.8, 4) is 0 Å². The minimum Gasteiger partial charge on any atom is -0.356 e. The third-order valence-electron chi connectivity index (χ3n) is 4.50. The van der Waals surface area contributed by atoms with Gasteiger partial charge in [0.25, 0.3) is 0 Å². The summed E-state index contributed by atoms with van der Waals surface area (Å²) >= 11 is 0. The Morgan fingerprint density at radius 1 is 1.30 bits per heavy atom. The first-order chi connectivity index (χ1) is 11.1. The van der Waals surface area contributed by atoms with Crippen LogP contribution in [-0.4, -0.2) is 59.4 Å². The first-order valence-corrected chi connectivity index (χ1v) is 8.77. The number of aromatic nitrogens is 2. The lowest BCUT2D eigenvalue weighted by molar-refractivity contribution is 0.167. The van der Waals surface area contributed by atoms with Crippen LogP contribution in [0.15, 0.2) is 23.5 Å². The Morgan fingerprint density at radius 3 is 2.61 bits per heavy atom. The van der Waals surface area contributed by atoms with E-state index in [1.54, 1.807) is 0 Å². The predicted molar refractivity (Wildman–Crippen MR) is 95.6 cm³/mol. The van der Waals surface area contributed by atoms with E-state index in [1.807, 2.05) is 30.2 Å². The zero-order valence-electron chi connectivity index (χ0n) is 15.0. The predicted octanol–water partition coefficient (Wildman–Crippen LogP) is 1.56. The molecule has 0 saturated carbocycles. The number of hydrogen-bond donors (Lipinski definition) is 2. The largest absolute Gasteiger partial charge is 0.356 e. The van der Waals surface area contributed by atoms with Crippen LogP contribution in [0.5, 0.6) is 0 Å². The molecule has 2 N–H and O–H groups in total. The molecule has 0 bridgehead atoms. The molecule has 1 atom stereocenters. The van der Waals surface area contributed by atoms with Crippen LogP contribution < -0.4 is 10.6 Å². The second kappa shape index (κ2) is 8.91. The van der Waals surface area contributed by atoms with Gasteiger partial charge < -0.3 is 15.5 Å². The molecule has 1 aliphatic heterocycles. The molecule has 0 aliphatic carbocycles. The van der Waals surface area contributed by atoms with Crippen molar-refractivity contribution in [3.05, 3.63) is 18.5 Å². The lowest BCUT2D eigenvalue weighted by Gasteiger charge is -2.35. The quantitative estimate of drug-likeness (QED) is 0.617. The van der Waals surface area contributed by atoms with Crippen molar-refractivity contribution in [2.24, 2.45) is 10.9 Å². The highest BCUT2D eigenvalue weighted by atomic mass is 15.3. The van der Waals surface area contributed by atoms with Gasteiger partial charge >= 0.3 is 0 Å². The van der Waals surface area contributed by atoms with Crippen molar-refractivity contribution in [1.82, 2.24) is 25.3 Å². The minimum absolute atomic E-state index is 0.497. The molecule has 1 aromatic heterocycles. The first-order valence-electron chi connectivity index (χ1n) is 8.77. The number of likely N-dealkylation sites (tertiary alicyclic amines) is 1. The van der Waals surface area contributed by atoms with Gasteiger partial charge in [-0.15, -0.1) is 0 Å². The molecular formula is C17H32N6. The monoisotopic (exact) mass is 320 g/mol. The van der Waals surface area contributed by atoms with Gasteiger partial charge in [0.15, 0.2) is 5.96 Å². The van der Waals surface area contributed by atoms with Gasteiger partial charge in [0.05, 0.1) is 0 Å². The summed E-state index contributed by atoms with van der Waals surface area (Å²) < 4.78 is 1.98. The summed E-state index contributed by atoms with van der Waals surface area (Å²) in [5, 5.41) is 11.3. The molecule has 130 valence electrons. The van der Waals surface area contributed by atoms with E-state index in [2.05, 4.69) is 46.4 Å². The average Bonchev–Trinajstić information content (AvgIpc) is 3.04. The zero-order valence-corrected chi connectivity index (χ0v) is 15.0. The summed E-state index contributed by atoms with van der Waals surface area (Å²) in [7, 11) is 1.84. The van der Waals surface area contributed by atoms with Crippen LogP contribution in [0.25, 0.3) is 0 Å². The highest BCUT2D eigenvalue weighted by Crippen LogP contribution is 2.12. The van der Waals surface area contributed by atoms with E-state index in [0.717, 1.165) is 19.0 Å². The molecule has 2 heterocycles. The van der Waals surface area contributed by atoms with Gasteiger partial charge in [0.1, 0.15) is 0 Å². The second-order valence-corrected chi connectivity index (χ2v) is 6.83. The number of rotatable bonds is 6. The molecule has 2 rings (SSSR count). The summed E-state index contributed by atoms with van der Waals surface area (Å²) in [6, 6.07) is 3.14. The fraction of sp³-hybridized carbons (Fsp3) is 0.765. The van der Waals surface area contributed by atoms with Gasteiger partial charge in [-0.25, -0.2) is 0 Å². The number of nitrogens with one attached hydrogen (secondary N) is 2. The summed E-state index contributed by atoms with van der Waals surface area (Å²) in [5.41, 5.74) is 0. The van der Waals surface area contributed by atoms with Crippen LogP contribution in [0.4, 0.5) is 0 Å². The fourth-order valence-corrected chi connectivity index (χ4v) is 3.01. The van der Waals surface area contributed by atoms with Crippen LogP contribution in [0.1, 0.15) is 33.6 Å². The topological polar surface area (TPSA) is 57.5 Å². The van der Waals surface area contributed by atoms with E-state index in [1.165, 1.54) is 25.9 Å². The average molecular weight is 320 g/mol. The summed E-state index contributed by atoms with van der Waals surface area (Å²) in [6.45, 7) is 10.9. The standard InChI is InChI=1S/C17H32N6/c1-14(2)22-10-6-16(7-11-22)21-17(18-4)19-12-15(3)13-23-9-5-8-20-23/h5,8-9,14-16H,6-7,10-13H2,1-4H3,(H2,18,19,21). The van der Waals surface area contributed by atoms with Gasteiger partial charge in [0, 0.05) is 57.7 Å². The molecule has 6 nitrogen and oxygen atoms in total. The fourth-order valence-electron chi connectivity index (χ4n) is 3.01. The van der Waals surface area contributed by atoms with E-state index in [4.69, 9.17) is 0 Å². The zero-order chi connectivity index (χ0) is 16.7. The Kier molecular flexibility index (Phi) is 6.89. The normalized spacial score (nSPS) is 19.1. The van der Waals surface area contributed by atoms with Crippen molar-refractivity contribution < 1.29 is 0 Å². The lowest BCUT2D eigenvalue weighted by Crippen LogP contribution is -2.50. The van der Waals surface area contributed by atoms with Gasteiger partial charge in [-0.2, -0.15) is 5.10 Å². The lowest BCUT2D eigenvalue weighted by atomic mass is 10.0. The molecule has 0 spiro atoms. The van der Waals surface area contributed by atoms with Crippen LogP contribution in [-0.2, 0) is 6.54 Å². The molecule has 1 saturated heterocycles. The molecule has 1 unspecified atom stereocenters. The highest BCUT2D eigenvalue weighted by molar-refractivity contribution is 5.79. The molecular weight excluding hydrogens is 288 g/mol. The van der Waals surface area contributed by atoms with Crippen molar-refractivity contribution in [1.29, 1.82) is 0 Å². The second-order valence-electron chi connectivity index (χ2n) is 6.83.